The highest BCUT2D eigenvalue weighted by Gasteiger charge is 2.39. The van der Waals surface area contributed by atoms with Gasteiger partial charge in [0.05, 0.1) is 18.1 Å². The van der Waals surface area contributed by atoms with Crippen LogP contribution in [0.4, 0.5) is 0 Å². The highest BCUT2D eigenvalue weighted by molar-refractivity contribution is 6.31. The van der Waals surface area contributed by atoms with Gasteiger partial charge in [0, 0.05) is 5.02 Å². The van der Waals surface area contributed by atoms with Gasteiger partial charge >= 0.3 is 0 Å². The molecule has 1 heterocycles. The molecule has 1 saturated heterocycles. The lowest BCUT2D eigenvalue weighted by atomic mass is 10.1. The van der Waals surface area contributed by atoms with Gasteiger partial charge in [-0.1, -0.05) is 29.8 Å². The molecule has 1 aromatic carbocycles. The molecule has 0 saturated carbocycles. The molecule has 68 valence electrons. The van der Waals surface area contributed by atoms with Gasteiger partial charge in [0.25, 0.3) is 0 Å². The van der Waals surface area contributed by atoms with Crippen molar-refractivity contribution < 1.29 is 9.90 Å². The number of carboxylic acids is 1. The zero-order chi connectivity index (χ0) is 9.42. The first-order valence-corrected chi connectivity index (χ1v) is 4.29. The van der Waals surface area contributed by atoms with E-state index in [1.165, 1.54) is 0 Å². The van der Waals surface area contributed by atoms with Crippen LogP contribution in [0, 0.1) is 0 Å². The molecule has 0 bridgehead atoms. The summed E-state index contributed by atoms with van der Waals surface area (Å²) in [5, 5.41) is 13.8. The number of nitrogens with one attached hydrogen (secondary N) is 1. The number of carbonyl (C=O) groups is 1. The predicted molar refractivity (Wildman–Crippen MR) is 46.1 cm³/mol. The Hall–Kier alpha value is -1.06. The maximum Gasteiger partial charge on any atom is 0.0671 e. The molecule has 1 N–H and O–H groups in total. The number of halogens is 1. The fraction of sp³-hybridized carbons (Fsp3) is 0.222. The van der Waals surface area contributed by atoms with Crippen molar-refractivity contribution in [2.24, 2.45) is 0 Å². The molecule has 0 amide bonds. The summed E-state index contributed by atoms with van der Waals surface area (Å²) in [6.45, 7) is 0. The van der Waals surface area contributed by atoms with Gasteiger partial charge in [-0.2, -0.15) is 0 Å². The molecule has 13 heavy (non-hydrogen) atoms. The summed E-state index contributed by atoms with van der Waals surface area (Å²) >= 11 is 5.88. The molecule has 2 rings (SSSR count). The summed E-state index contributed by atoms with van der Waals surface area (Å²) in [7, 11) is 0. The molecular weight excluding hydrogens is 190 g/mol. The smallest absolute Gasteiger partial charge is 0.0671 e. The standard InChI is InChI=1S/C9H8ClNO2/c10-6-4-2-1-3-5(6)7-8(11-7)9(12)13/h1-4,7-8,11H,(H,12,13)/p-1/t7-,8-/m0/s1. The van der Waals surface area contributed by atoms with E-state index in [0.29, 0.717) is 5.02 Å². The minimum Gasteiger partial charge on any atom is -0.548 e. The quantitative estimate of drug-likeness (QED) is 0.683. The van der Waals surface area contributed by atoms with Crippen molar-refractivity contribution in [3.8, 4) is 0 Å². The highest BCUT2D eigenvalue weighted by Crippen LogP contribution is 2.33. The third kappa shape index (κ3) is 1.53. The summed E-state index contributed by atoms with van der Waals surface area (Å²) in [4.78, 5) is 10.4. The SMILES string of the molecule is O=C([O-])[C@H]1N[C@H]1c1ccccc1Cl. The molecule has 1 aliphatic heterocycles. The largest absolute Gasteiger partial charge is 0.548 e. The zero-order valence-corrected chi connectivity index (χ0v) is 7.41. The van der Waals surface area contributed by atoms with E-state index in [0.717, 1.165) is 5.56 Å². The maximum absolute atomic E-state index is 10.4. The van der Waals surface area contributed by atoms with Crippen molar-refractivity contribution in [2.75, 3.05) is 0 Å². The van der Waals surface area contributed by atoms with Crippen molar-refractivity contribution in [3.05, 3.63) is 34.9 Å². The summed E-state index contributed by atoms with van der Waals surface area (Å²) in [5.74, 6) is -1.08. The fourth-order valence-corrected chi connectivity index (χ4v) is 1.59. The average Bonchev–Trinajstić information content (AvgIpc) is 2.84. The van der Waals surface area contributed by atoms with Gasteiger partial charge in [-0.15, -0.1) is 0 Å². The van der Waals surface area contributed by atoms with Gasteiger partial charge in [-0.25, -0.2) is 0 Å². The van der Waals surface area contributed by atoms with Crippen LogP contribution in [0.15, 0.2) is 24.3 Å². The summed E-state index contributed by atoms with van der Waals surface area (Å²) in [6.07, 6.45) is 0. The molecule has 1 fully saturated rings. The summed E-state index contributed by atoms with van der Waals surface area (Å²) in [6, 6.07) is 6.42. The van der Waals surface area contributed by atoms with Crippen LogP contribution in [0.3, 0.4) is 0 Å². The molecule has 0 aliphatic carbocycles. The molecule has 0 unspecified atom stereocenters. The lowest BCUT2D eigenvalue weighted by molar-refractivity contribution is -0.305. The minimum absolute atomic E-state index is 0.182. The minimum atomic E-state index is -1.08. The second-order valence-corrected chi connectivity index (χ2v) is 3.37. The van der Waals surface area contributed by atoms with E-state index in [2.05, 4.69) is 5.32 Å². The van der Waals surface area contributed by atoms with Crippen molar-refractivity contribution in [3.63, 3.8) is 0 Å². The molecule has 4 heteroatoms. The van der Waals surface area contributed by atoms with Crippen molar-refractivity contribution in [1.29, 1.82) is 0 Å². The van der Waals surface area contributed by atoms with Crippen molar-refractivity contribution in [2.45, 2.75) is 12.1 Å². The average molecular weight is 197 g/mol. The highest BCUT2D eigenvalue weighted by atomic mass is 35.5. The number of benzene rings is 1. The molecule has 1 aromatic rings. The Bertz CT molecular complexity index is 353. The van der Waals surface area contributed by atoms with Crippen LogP contribution in [-0.2, 0) is 4.79 Å². The van der Waals surface area contributed by atoms with Crippen molar-refractivity contribution >= 4 is 17.6 Å². The van der Waals surface area contributed by atoms with Crippen LogP contribution in [0.5, 0.6) is 0 Å². The Kier molecular flexibility index (Phi) is 1.98. The van der Waals surface area contributed by atoms with Crippen LogP contribution in [0.25, 0.3) is 0 Å². The third-order valence-electron chi connectivity index (χ3n) is 2.08. The lowest BCUT2D eigenvalue weighted by Gasteiger charge is -2.01. The summed E-state index contributed by atoms with van der Waals surface area (Å²) < 4.78 is 0. The van der Waals surface area contributed by atoms with Crippen LogP contribution < -0.4 is 10.4 Å². The first-order valence-electron chi connectivity index (χ1n) is 3.91. The van der Waals surface area contributed by atoms with Crippen molar-refractivity contribution in [1.82, 2.24) is 5.32 Å². The molecule has 0 spiro atoms. The summed E-state index contributed by atoms with van der Waals surface area (Å²) in [5.41, 5.74) is 0.818. The second kappa shape index (κ2) is 3.01. The van der Waals surface area contributed by atoms with Gasteiger partial charge in [0.2, 0.25) is 0 Å². The third-order valence-corrected chi connectivity index (χ3v) is 2.42. The van der Waals surface area contributed by atoms with E-state index in [1.807, 2.05) is 18.2 Å². The van der Waals surface area contributed by atoms with Gasteiger partial charge in [0.15, 0.2) is 0 Å². The molecule has 2 atom stereocenters. The Labute approximate surface area is 80.3 Å². The van der Waals surface area contributed by atoms with E-state index >= 15 is 0 Å². The van der Waals surface area contributed by atoms with Gasteiger partial charge in [0.1, 0.15) is 0 Å². The first-order chi connectivity index (χ1) is 6.20. The molecule has 0 aromatic heterocycles. The van der Waals surface area contributed by atoms with Crippen LogP contribution in [0.2, 0.25) is 5.02 Å². The van der Waals surface area contributed by atoms with E-state index < -0.39 is 12.0 Å². The predicted octanol–water partition coefficient (Wildman–Crippen LogP) is 0.103. The Morgan fingerprint density at radius 1 is 1.46 bits per heavy atom. The number of hydrogen-bond donors (Lipinski definition) is 1. The topological polar surface area (TPSA) is 62.1 Å². The van der Waals surface area contributed by atoms with Crippen LogP contribution in [-0.4, -0.2) is 12.0 Å². The van der Waals surface area contributed by atoms with E-state index in [9.17, 15) is 9.90 Å². The molecule has 0 radical (unpaired) electrons. The number of carboxylic acid groups (broad SMARTS) is 1. The van der Waals surface area contributed by atoms with Crippen LogP contribution >= 0.6 is 11.6 Å². The fourth-order valence-electron chi connectivity index (χ4n) is 1.34. The number of aliphatic carboxylic acids is 1. The Morgan fingerprint density at radius 3 is 2.69 bits per heavy atom. The normalized spacial score (nSPS) is 25.6. The number of rotatable bonds is 2. The second-order valence-electron chi connectivity index (χ2n) is 2.96. The van der Waals surface area contributed by atoms with E-state index in [1.54, 1.807) is 6.07 Å². The Balaban J connectivity index is 2.21. The van der Waals surface area contributed by atoms with E-state index in [-0.39, 0.29) is 6.04 Å². The number of hydrogen-bond acceptors (Lipinski definition) is 3. The molecule has 1 aliphatic rings. The lowest BCUT2D eigenvalue weighted by Crippen LogP contribution is -2.29. The Morgan fingerprint density at radius 2 is 2.15 bits per heavy atom. The monoisotopic (exact) mass is 196 g/mol. The van der Waals surface area contributed by atoms with Crippen LogP contribution in [0.1, 0.15) is 11.6 Å². The van der Waals surface area contributed by atoms with Gasteiger partial charge < -0.3 is 9.90 Å². The van der Waals surface area contributed by atoms with E-state index in [4.69, 9.17) is 11.6 Å². The molecular formula is C9H7ClNO2-. The van der Waals surface area contributed by atoms with Gasteiger partial charge in [-0.3, -0.25) is 5.32 Å². The number of carbonyl (C=O) groups excluding carboxylic acids is 1. The molecule has 3 nitrogen and oxygen atoms in total. The van der Waals surface area contributed by atoms with Gasteiger partial charge in [-0.05, 0) is 11.6 Å². The zero-order valence-electron chi connectivity index (χ0n) is 6.66. The first kappa shape index (κ1) is 8.53. The maximum atomic E-state index is 10.4.